The minimum atomic E-state index is -3.26. The number of nitrogens with zero attached hydrogens (tertiary/aromatic N) is 2. The average molecular weight is 322 g/mol. The van der Waals surface area contributed by atoms with Gasteiger partial charge in [-0.2, -0.15) is 29.2 Å². The van der Waals surface area contributed by atoms with Crippen molar-refractivity contribution in [2.45, 2.75) is 38.1 Å². The first kappa shape index (κ1) is 16.5. The van der Waals surface area contributed by atoms with Crippen LogP contribution in [0.2, 0.25) is 0 Å². The van der Waals surface area contributed by atoms with Crippen LogP contribution in [0.3, 0.4) is 0 Å². The predicted molar refractivity (Wildman–Crippen MR) is 85.3 cm³/mol. The Kier molecular flexibility index (Phi) is 6.61. The molecule has 2 rings (SSSR count). The maximum Gasteiger partial charge on any atom is 0.279 e. The Labute approximate surface area is 127 Å². The highest BCUT2D eigenvalue weighted by atomic mass is 32.2. The lowest BCUT2D eigenvalue weighted by atomic mass is 10.1. The van der Waals surface area contributed by atoms with Gasteiger partial charge in [0.1, 0.15) is 0 Å². The summed E-state index contributed by atoms with van der Waals surface area (Å²) in [5, 5.41) is 0. The Morgan fingerprint density at radius 3 is 2.35 bits per heavy atom. The number of rotatable bonds is 6. The summed E-state index contributed by atoms with van der Waals surface area (Å²) in [6.07, 6.45) is 7.13. The van der Waals surface area contributed by atoms with Gasteiger partial charge in [-0.3, -0.25) is 0 Å². The van der Waals surface area contributed by atoms with E-state index in [0.717, 1.165) is 57.5 Å². The third-order valence-electron chi connectivity index (χ3n) is 4.17. The number of likely N-dealkylation sites (tertiary alicyclic amines) is 1. The zero-order chi connectivity index (χ0) is 14.4. The average Bonchev–Trinajstić information content (AvgIpc) is 2.47. The van der Waals surface area contributed by atoms with Gasteiger partial charge in [-0.25, -0.2) is 0 Å². The van der Waals surface area contributed by atoms with Crippen molar-refractivity contribution in [3.63, 3.8) is 0 Å². The Morgan fingerprint density at radius 1 is 1.10 bits per heavy atom. The molecule has 118 valence electrons. The van der Waals surface area contributed by atoms with Crippen LogP contribution in [0, 0.1) is 0 Å². The molecule has 20 heavy (non-hydrogen) atoms. The highest BCUT2D eigenvalue weighted by Gasteiger charge is 2.28. The van der Waals surface area contributed by atoms with Gasteiger partial charge in [0.25, 0.3) is 10.2 Å². The molecule has 0 amide bonds. The van der Waals surface area contributed by atoms with Gasteiger partial charge >= 0.3 is 0 Å². The van der Waals surface area contributed by atoms with Crippen LogP contribution in [-0.4, -0.2) is 68.4 Å². The Hall–Kier alpha value is 0.180. The molecule has 0 radical (unpaired) electrons. The summed E-state index contributed by atoms with van der Waals surface area (Å²) < 4.78 is 29.1. The first-order chi connectivity index (χ1) is 9.62. The number of thioether (sulfide) groups is 1. The van der Waals surface area contributed by atoms with Crippen LogP contribution in [0.4, 0.5) is 0 Å². The smallest absolute Gasteiger partial charge is 0.279 e. The van der Waals surface area contributed by atoms with E-state index in [1.54, 1.807) is 4.31 Å². The Bertz CT molecular complexity index is 375. The van der Waals surface area contributed by atoms with Crippen molar-refractivity contribution in [2.75, 3.05) is 44.7 Å². The number of nitrogens with one attached hydrogen (secondary N) is 1. The van der Waals surface area contributed by atoms with Crippen LogP contribution in [-0.2, 0) is 10.2 Å². The van der Waals surface area contributed by atoms with Gasteiger partial charge in [0.15, 0.2) is 0 Å². The molecule has 2 saturated heterocycles. The van der Waals surface area contributed by atoms with Crippen LogP contribution in [0.1, 0.15) is 32.1 Å². The van der Waals surface area contributed by atoms with E-state index in [-0.39, 0.29) is 6.04 Å². The summed E-state index contributed by atoms with van der Waals surface area (Å²) in [7, 11) is -3.26. The molecule has 0 unspecified atom stereocenters. The zero-order valence-corrected chi connectivity index (χ0v) is 14.0. The van der Waals surface area contributed by atoms with Crippen molar-refractivity contribution < 1.29 is 8.42 Å². The quantitative estimate of drug-likeness (QED) is 0.797. The highest BCUT2D eigenvalue weighted by molar-refractivity contribution is 7.98. The number of hydrogen-bond donors (Lipinski definition) is 1. The van der Waals surface area contributed by atoms with Crippen LogP contribution < -0.4 is 4.72 Å². The molecule has 0 spiro atoms. The van der Waals surface area contributed by atoms with Gasteiger partial charge in [-0.05, 0) is 45.0 Å². The van der Waals surface area contributed by atoms with Gasteiger partial charge in [0.2, 0.25) is 0 Å². The number of piperidine rings is 2. The van der Waals surface area contributed by atoms with E-state index in [1.807, 2.05) is 11.8 Å². The van der Waals surface area contributed by atoms with Gasteiger partial charge < -0.3 is 4.90 Å². The summed E-state index contributed by atoms with van der Waals surface area (Å²) in [6.45, 7) is 4.50. The van der Waals surface area contributed by atoms with Crippen LogP contribution in [0.15, 0.2) is 0 Å². The van der Waals surface area contributed by atoms with Gasteiger partial charge in [-0.15, -0.1) is 0 Å². The van der Waals surface area contributed by atoms with Crippen molar-refractivity contribution in [1.82, 2.24) is 13.9 Å². The molecule has 0 aliphatic carbocycles. The van der Waals surface area contributed by atoms with Crippen molar-refractivity contribution in [3.8, 4) is 0 Å². The SMILES string of the molecule is CSCCN1CCC(NS(=O)(=O)N2CCCCC2)CC1. The van der Waals surface area contributed by atoms with Gasteiger partial charge in [-0.1, -0.05) is 6.42 Å². The molecular weight excluding hydrogens is 294 g/mol. The standard InChI is InChI=1S/C13H27N3O2S2/c1-19-12-11-15-9-5-13(6-10-15)14-20(17,18)16-7-3-2-4-8-16/h13-14H,2-12H2,1H3. The number of hydrogen-bond acceptors (Lipinski definition) is 4. The molecule has 2 aliphatic rings. The molecule has 5 nitrogen and oxygen atoms in total. The second kappa shape index (κ2) is 7.98. The highest BCUT2D eigenvalue weighted by Crippen LogP contribution is 2.16. The fraction of sp³-hybridized carbons (Fsp3) is 1.00. The summed E-state index contributed by atoms with van der Waals surface area (Å²) in [5.74, 6) is 1.16. The van der Waals surface area contributed by atoms with Crippen LogP contribution in [0.25, 0.3) is 0 Å². The molecule has 0 aromatic carbocycles. The molecule has 0 saturated carbocycles. The third kappa shape index (κ3) is 4.87. The zero-order valence-electron chi connectivity index (χ0n) is 12.4. The monoisotopic (exact) mass is 321 g/mol. The van der Waals surface area contributed by atoms with Gasteiger partial charge in [0.05, 0.1) is 0 Å². The summed E-state index contributed by atoms with van der Waals surface area (Å²) in [4.78, 5) is 2.43. The van der Waals surface area contributed by atoms with Crippen molar-refractivity contribution in [2.24, 2.45) is 0 Å². The van der Waals surface area contributed by atoms with Crippen molar-refractivity contribution >= 4 is 22.0 Å². The Balaban J connectivity index is 1.76. The molecule has 1 N–H and O–H groups in total. The first-order valence-corrected chi connectivity index (χ1v) is 10.4. The maximum absolute atomic E-state index is 12.3. The fourth-order valence-corrected chi connectivity index (χ4v) is 4.87. The summed E-state index contributed by atoms with van der Waals surface area (Å²) in [6, 6.07) is 0.118. The molecule has 0 aromatic rings. The van der Waals surface area contributed by atoms with E-state index in [9.17, 15) is 8.42 Å². The minimum Gasteiger partial charge on any atom is -0.302 e. The van der Waals surface area contributed by atoms with Gasteiger partial charge in [0, 0.05) is 31.4 Å². The molecular formula is C13H27N3O2S2. The summed E-state index contributed by atoms with van der Waals surface area (Å²) >= 11 is 1.87. The van der Waals surface area contributed by atoms with Crippen LogP contribution in [0.5, 0.6) is 0 Å². The van der Waals surface area contributed by atoms with E-state index in [2.05, 4.69) is 15.9 Å². The van der Waals surface area contributed by atoms with E-state index in [4.69, 9.17) is 0 Å². The van der Waals surface area contributed by atoms with Crippen molar-refractivity contribution in [3.05, 3.63) is 0 Å². The van der Waals surface area contributed by atoms with Crippen molar-refractivity contribution in [1.29, 1.82) is 0 Å². The fourth-order valence-electron chi connectivity index (χ4n) is 2.89. The van der Waals surface area contributed by atoms with E-state index >= 15 is 0 Å². The molecule has 0 atom stereocenters. The second-order valence-electron chi connectivity index (χ2n) is 5.69. The molecule has 2 aliphatic heterocycles. The Morgan fingerprint density at radius 2 is 1.75 bits per heavy atom. The first-order valence-electron chi connectivity index (χ1n) is 7.60. The summed E-state index contributed by atoms with van der Waals surface area (Å²) in [5.41, 5.74) is 0. The molecule has 2 heterocycles. The maximum atomic E-state index is 12.3. The van der Waals surface area contributed by atoms with E-state index in [0.29, 0.717) is 13.1 Å². The molecule has 0 aromatic heterocycles. The minimum absolute atomic E-state index is 0.118. The van der Waals surface area contributed by atoms with Crippen LogP contribution >= 0.6 is 11.8 Å². The topological polar surface area (TPSA) is 52.7 Å². The molecule has 0 bridgehead atoms. The van der Waals surface area contributed by atoms with E-state index < -0.39 is 10.2 Å². The lowest BCUT2D eigenvalue weighted by Gasteiger charge is -2.34. The molecule has 7 heteroatoms. The second-order valence-corrected chi connectivity index (χ2v) is 8.38. The van der Waals surface area contributed by atoms with E-state index in [1.165, 1.54) is 0 Å². The predicted octanol–water partition coefficient (Wildman–Crippen LogP) is 1.13. The lowest BCUT2D eigenvalue weighted by Crippen LogP contribution is -2.50. The largest absolute Gasteiger partial charge is 0.302 e. The molecule has 2 fully saturated rings. The lowest BCUT2D eigenvalue weighted by molar-refractivity contribution is 0.216. The normalized spacial score (nSPS) is 24.1. The third-order valence-corrected chi connectivity index (χ3v) is 6.44.